The largest absolute Gasteiger partial charge is 0.550 e. The highest BCUT2D eigenvalue weighted by atomic mass is 32.2. The molecule has 24 heavy (non-hydrogen) atoms. The highest BCUT2D eigenvalue weighted by Crippen LogP contribution is 2.33. The molecule has 0 aliphatic carbocycles. The van der Waals surface area contributed by atoms with Crippen molar-refractivity contribution in [1.82, 2.24) is 4.90 Å². The number of carbonyl (C=O) groups excluding carboxylic acids is 2. The second-order valence-corrected chi connectivity index (χ2v) is 7.55. The summed E-state index contributed by atoms with van der Waals surface area (Å²) in [6, 6.07) is 6.14. The van der Waals surface area contributed by atoms with Gasteiger partial charge >= 0.3 is 0 Å². The highest BCUT2D eigenvalue weighted by molar-refractivity contribution is 8.26. The summed E-state index contributed by atoms with van der Waals surface area (Å²) in [6.07, 6.45) is 4.00. The van der Waals surface area contributed by atoms with E-state index in [1.165, 1.54) is 11.8 Å². The van der Waals surface area contributed by atoms with Crippen molar-refractivity contribution in [2.75, 3.05) is 6.54 Å². The molecule has 4 nitrogen and oxygen atoms in total. The number of carboxylic acid groups (broad SMARTS) is 1. The minimum absolute atomic E-state index is 0.0604. The number of aryl methyl sites for hydroxylation is 2. The van der Waals surface area contributed by atoms with Gasteiger partial charge in [0.25, 0.3) is 5.91 Å². The summed E-state index contributed by atoms with van der Waals surface area (Å²) in [5, 5.41) is 10.4. The fraction of sp³-hybridized carbons (Fsp3) is 0.389. The van der Waals surface area contributed by atoms with Gasteiger partial charge in [0.2, 0.25) is 0 Å². The van der Waals surface area contributed by atoms with Gasteiger partial charge in [-0.05, 0) is 50.3 Å². The average molecular weight is 362 g/mol. The van der Waals surface area contributed by atoms with E-state index in [-0.39, 0.29) is 12.3 Å². The molecular weight excluding hydrogens is 342 g/mol. The lowest BCUT2D eigenvalue weighted by atomic mass is 10.1. The fourth-order valence-corrected chi connectivity index (χ4v) is 3.76. The van der Waals surface area contributed by atoms with E-state index in [1.807, 2.05) is 32.1 Å². The van der Waals surface area contributed by atoms with E-state index < -0.39 is 5.97 Å². The minimum atomic E-state index is -1.03. The zero-order chi connectivity index (χ0) is 17.7. The molecule has 0 aromatic heterocycles. The second-order valence-electron chi connectivity index (χ2n) is 5.88. The summed E-state index contributed by atoms with van der Waals surface area (Å²) in [4.78, 5) is 25.2. The van der Waals surface area contributed by atoms with Crippen molar-refractivity contribution in [2.24, 2.45) is 0 Å². The van der Waals surface area contributed by atoms with Gasteiger partial charge < -0.3 is 9.90 Å². The Balaban J connectivity index is 1.99. The fourth-order valence-electron chi connectivity index (χ4n) is 2.47. The number of rotatable bonds is 7. The van der Waals surface area contributed by atoms with Crippen LogP contribution in [0, 0.1) is 13.8 Å². The number of nitrogens with zero attached hydrogens (tertiary/aromatic N) is 1. The van der Waals surface area contributed by atoms with Gasteiger partial charge in [-0.1, -0.05) is 54.2 Å². The Morgan fingerprint density at radius 2 is 2.04 bits per heavy atom. The summed E-state index contributed by atoms with van der Waals surface area (Å²) in [5.74, 6) is -1.09. The number of amides is 1. The Labute approximate surface area is 151 Å². The summed E-state index contributed by atoms with van der Waals surface area (Å²) in [6.45, 7) is 4.57. The maximum atomic E-state index is 12.5. The van der Waals surface area contributed by atoms with Crippen LogP contribution >= 0.6 is 24.0 Å². The van der Waals surface area contributed by atoms with Crippen molar-refractivity contribution in [3.05, 3.63) is 39.8 Å². The van der Waals surface area contributed by atoms with E-state index in [9.17, 15) is 14.7 Å². The molecule has 1 heterocycles. The van der Waals surface area contributed by atoms with Crippen LogP contribution in [0.4, 0.5) is 0 Å². The van der Waals surface area contributed by atoms with E-state index in [2.05, 4.69) is 6.07 Å². The zero-order valence-electron chi connectivity index (χ0n) is 13.8. The summed E-state index contributed by atoms with van der Waals surface area (Å²) >= 11 is 6.64. The lowest BCUT2D eigenvalue weighted by molar-refractivity contribution is -0.305. The van der Waals surface area contributed by atoms with Crippen molar-refractivity contribution in [3.63, 3.8) is 0 Å². The van der Waals surface area contributed by atoms with Crippen molar-refractivity contribution in [3.8, 4) is 0 Å². The number of thioether (sulfide) groups is 1. The molecule has 0 unspecified atom stereocenters. The molecule has 1 aliphatic heterocycles. The smallest absolute Gasteiger partial charge is 0.266 e. The minimum Gasteiger partial charge on any atom is -0.550 e. The van der Waals surface area contributed by atoms with Gasteiger partial charge in [-0.25, -0.2) is 0 Å². The van der Waals surface area contributed by atoms with Crippen LogP contribution < -0.4 is 5.11 Å². The normalized spacial score (nSPS) is 16.2. The van der Waals surface area contributed by atoms with Crippen LogP contribution in [0.25, 0.3) is 6.08 Å². The van der Waals surface area contributed by atoms with Crippen molar-refractivity contribution in [2.45, 2.75) is 39.5 Å². The molecule has 0 saturated carbocycles. The van der Waals surface area contributed by atoms with E-state index in [4.69, 9.17) is 12.2 Å². The molecule has 0 spiro atoms. The predicted octanol–water partition coefficient (Wildman–Crippen LogP) is 2.81. The predicted molar refractivity (Wildman–Crippen MR) is 99.3 cm³/mol. The molecule has 128 valence electrons. The number of carboxylic acids is 1. The van der Waals surface area contributed by atoms with Crippen LogP contribution in [0.2, 0.25) is 0 Å². The standard InChI is InChI=1S/C18H21NO3S2/c1-12-7-8-13(2)14(10-12)11-15-17(22)19(18(23)24-15)9-5-3-4-6-16(20)21/h7-8,10-11H,3-6,9H2,1-2H3,(H,20,21)/p-1/b15-11-. The van der Waals surface area contributed by atoms with E-state index in [0.717, 1.165) is 29.5 Å². The third-order valence-electron chi connectivity index (χ3n) is 3.86. The van der Waals surface area contributed by atoms with Crippen LogP contribution in [0.1, 0.15) is 42.4 Å². The van der Waals surface area contributed by atoms with Crippen molar-refractivity contribution in [1.29, 1.82) is 0 Å². The Hall–Kier alpha value is -1.66. The summed E-state index contributed by atoms with van der Waals surface area (Å²) < 4.78 is 0.566. The molecule has 0 bridgehead atoms. The third-order valence-corrected chi connectivity index (χ3v) is 5.24. The van der Waals surface area contributed by atoms with Gasteiger partial charge in [-0.2, -0.15) is 0 Å². The van der Waals surface area contributed by atoms with Crippen LogP contribution in [0.3, 0.4) is 0 Å². The second kappa shape index (κ2) is 8.44. The monoisotopic (exact) mass is 362 g/mol. The molecule has 1 saturated heterocycles. The number of carbonyl (C=O) groups is 2. The molecular formula is C18H20NO3S2-. The SMILES string of the molecule is Cc1ccc(C)c(/C=C2\SC(=S)N(CCCCCC(=O)[O-])C2=O)c1. The van der Waals surface area contributed by atoms with Crippen LogP contribution in [-0.2, 0) is 9.59 Å². The Kier molecular flexibility index (Phi) is 6.57. The number of aliphatic carboxylic acids is 1. The van der Waals surface area contributed by atoms with Crippen molar-refractivity contribution < 1.29 is 14.7 Å². The highest BCUT2D eigenvalue weighted by Gasteiger charge is 2.31. The average Bonchev–Trinajstić information content (AvgIpc) is 2.77. The zero-order valence-corrected chi connectivity index (χ0v) is 15.5. The quantitative estimate of drug-likeness (QED) is 0.424. The van der Waals surface area contributed by atoms with Crippen LogP contribution in [0.15, 0.2) is 23.1 Å². The molecule has 1 amide bonds. The van der Waals surface area contributed by atoms with Gasteiger partial charge in [-0.15, -0.1) is 0 Å². The topological polar surface area (TPSA) is 60.4 Å². The molecule has 1 aliphatic rings. The molecule has 6 heteroatoms. The van der Waals surface area contributed by atoms with Gasteiger partial charge in [0.05, 0.1) is 4.91 Å². The molecule has 0 atom stereocenters. The number of thiocarbonyl (C=S) groups is 1. The van der Waals surface area contributed by atoms with Crippen LogP contribution in [0.5, 0.6) is 0 Å². The maximum absolute atomic E-state index is 12.5. The molecule has 1 aromatic rings. The molecule has 0 radical (unpaired) electrons. The Morgan fingerprint density at radius 3 is 2.75 bits per heavy atom. The number of unbranched alkanes of at least 4 members (excludes halogenated alkanes) is 2. The Bertz CT molecular complexity index is 698. The van der Waals surface area contributed by atoms with Crippen LogP contribution in [-0.4, -0.2) is 27.6 Å². The first-order chi connectivity index (χ1) is 11.4. The van der Waals surface area contributed by atoms with Gasteiger partial charge in [0.15, 0.2) is 0 Å². The summed E-state index contributed by atoms with van der Waals surface area (Å²) in [7, 11) is 0. The van der Waals surface area contributed by atoms with Gasteiger partial charge in [0.1, 0.15) is 4.32 Å². The number of hydrogen-bond donors (Lipinski definition) is 0. The lowest BCUT2D eigenvalue weighted by Crippen LogP contribution is -2.29. The van der Waals surface area contributed by atoms with Crippen molar-refractivity contribution >= 4 is 46.3 Å². The first-order valence-electron chi connectivity index (χ1n) is 7.91. The molecule has 0 N–H and O–H groups in total. The maximum Gasteiger partial charge on any atom is 0.266 e. The van der Waals surface area contributed by atoms with E-state index >= 15 is 0 Å². The number of hydrogen-bond acceptors (Lipinski definition) is 5. The first-order valence-corrected chi connectivity index (χ1v) is 9.13. The Morgan fingerprint density at radius 1 is 1.29 bits per heavy atom. The summed E-state index contributed by atoms with van der Waals surface area (Å²) in [5.41, 5.74) is 3.30. The van der Waals surface area contributed by atoms with E-state index in [1.54, 1.807) is 4.90 Å². The molecule has 1 fully saturated rings. The molecule has 2 rings (SSSR count). The number of benzene rings is 1. The lowest BCUT2D eigenvalue weighted by Gasteiger charge is -2.14. The van der Waals surface area contributed by atoms with E-state index in [0.29, 0.717) is 22.2 Å². The van der Waals surface area contributed by atoms with Gasteiger partial charge in [-0.3, -0.25) is 9.69 Å². The first kappa shape index (κ1) is 18.7. The van der Waals surface area contributed by atoms with Gasteiger partial charge in [0, 0.05) is 12.5 Å². The third kappa shape index (κ3) is 4.92. The molecule has 1 aromatic carbocycles.